The third-order valence-corrected chi connectivity index (χ3v) is 1.92. The Labute approximate surface area is 86.9 Å². The van der Waals surface area contributed by atoms with Crippen molar-refractivity contribution in [1.82, 2.24) is 4.90 Å². The Kier molecular flexibility index (Phi) is 3.61. The van der Waals surface area contributed by atoms with E-state index in [1.165, 1.54) is 0 Å². The molecular formula is C9H19NS2. The number of hydrogen-bond donors (Lipinski definition) is 1. The summed E-state index contributed by atoms with van der Waals surface area (Å²) in [7, 11) is 0. The molecule has 0 radical (unpaired) electrons. The van der Waals surface area contributed by atoms with E-state index in [4.69, 9.17) is 12.2 Å². The van der Waals surface area contributed by atoms with Gasteiger partial charge in [-0.25, -0.2) is 0 Å². The highest BCUT2D eigenvalue weighted by Crippen LogP contribution is 2.26. The first-order chi connectivity index (χ1) is 5.07. The Morgan fingerprint density at radius 1 is 1.00 bits per heavy atom. The van der Waals surface area contributed by atoms with Gasteiger partial charge in [-0.1, -0.05) is 12.2 Å². The Bertz CT molecular complexity index is 160. The molecule has 0 aliphatic heterocycles. The topological polar surface area (TPSA) is 3.24 Å². The lowest BCUT2D eigenvalue weighted by Crippen LogP contribution is -2.53. The largest absolute Gasteiger partial charge is 0.348 e. The van der Waals surface area contributed by atoms with Crippen molar-refractivity contribution in [1.29, 1.82) is 0 Å². The molecule has 0 amide bonds. The van der Waals surface area contributed by atoms with Gasteiger partial charge < -0.3 is 4.90 Å². The first-order valence-electron chi connectivity index (χ1n) is 4.10. The summed E-state index contributed by atoms with van der Waals surface area (Å²) in [5.41, 5.74) is 0.0775. The molecule has 12 heavy (non-hydrogen) atoms. The van der Waals surface area contributed by atoms with Crippen LogP contribution in [-0.2, 0) is 0 Å². The Morgan fingerprint density at radius 3 is 1.25 bits per heavy atom. The van der Waals surface area contributed by atoms with Crippen molar-refractivity contribution in [3.63, 3.8) is 0 Å². The molecule has 0 atom stereocenters. The molecule has 1 nitrogen and oxygen atoms in total. The lowest BCUT2D eigenvalue weighted by atomic mass is 9.97. The van der Waals surface area contributed by atoms with Crippen LogP contribution in [0.4, 0.5) is 0 Å². The molecule has 0 saturated carbocycles. The summed E-state index contributed by atoms with van der Waals surface area (Å²) in [6.07, 6.45) is 0. The van der Waals surface area contributed by atoms with Gasteiger partial charge in [0, 0.05) is 11.1 Å². The van der Waals surface area contributed by atoms with Gasteiger partial charge in [0.05, 0.1) is 0 Å². The summed E-state index contributed by atoms with van der Waals surface area (Å²) in [4.78, 5) is 2.14. The lowest BCUT2D eigenvalue weighted by molar-refractivity contribution is 0.131. The predicted molar refractivity (Wildman–Crippen MR) is 62.9 cm³/mol. The van der Waals surface area contributed by atoms with Crippen LogP contribution in [0, 0.1) is 0 Å². The highest BCUT2D eigenvalue weighted by atomic mass is 32.1. The second-order valence-electron chi connectivity index (χ2n) is 4.96. The van der Waals surface area contributed by atoms with Crippen LogP contribution < -0.4 is 0 Å². The molecule has 0 bridgehead atoms. The van der Waals surface area contributed by atoms with Gasteiger partial charge in [0.15, 0.2) is 0 Å². The van der Waals surface area contributed by atoms with Crippen molar-refractivity contribution in [2.45, 2.75) is 52.6 Å². The van der Waals surface area contributed by atoms with Crippen LogP contribution in [0.2, 0.25) is 0 Å². The monoisotopic (exact) mass is 205 g/mol. The van der Waals surface area contributed by atoms with Gasteiger partial charge in [-0.3, -0.25) is 0 Å². The van der Waals surface area contributed by atoms with E-state index in [2.05, 4.69) is 59.1 Å². The standard InChI is InChI=1S/C9H19NS2/c1-8(2,3)10(7(11)12)9(4,5)6/h1-6H3,(H,11,12). The summed E-state index contributed by atoms with van der Waals surface area (Å²) in [5, 5.41) is 0. The molecule has 0 spiro atoms. The van der Waals surface area contributed by atoms with E-state index in [0.717, 1.165) is 0 Å². The van der Waals surface area contributed by atoms with Gasteiger partial charge in [-0.2, -0.15) is 0 Å². The van der Waals surface area contributed by atoms with Gasteiger partial charge in [-0.05, 0) is 41.5 Å². The van der Waals surface area contributed by atoms with Crippen molar-refractivity contribution in [3.8, 4) is 0 Å². The SMILES string of the molecule is CC(C)(C)N(C(=S)S)C(C)(C)C. The fraction of sp³-hybridized carbons (Fsp3) is 0.889. The third kappa shape index (κ3) is 3.31. The fourth-order valence-corrected chi connectivity index (χ4v) is 2.73. The lowest BCUT2D eigenvalue weighted by Gasteiger charge is -2.46. The van der Waals surface area contributed by atoms with Crippen molar-refractivity contribution < 1.29 is 0 Å². The van der Waals surface area contributed by atoms with Crippen molar-refractivity contribution in [2.24, 2.45) is 0 Å². The average Bonchev–Trinajstić information content (AvgIpc) is 1.49. The van der Waals surface area contributed by atoms with Crippen LogP contribution in [0.5, 0.6) is 0 Å². The summed E-state index contributed by atoms with van der Waals surface area (Å²) in [6, 6.07) is 0. The highest BCUT2D eigenvalue weighted by molar-refractivity contribution is 8.10. The number of thiocarbonyl (C=S) groups is 1. The van der Waals surface area contributed by atoms with Crippen LogP contribution in [-0.4, -0.2) is 20.3 Å². The second kappa shape index (κ2) is 3.54. The molecule has 0 N–H and O–H groups in total. The van der Waals surface area contributed by atoms with E-state index in [0.29, 0.717) is 4.32 Å². The van der Waals surface area contributed by atoms with Crippen molar-refractivity contribution >= 4 is 29.2 Å². The second-order valence-corrected chi connectivity index (χ2v) is 6.07. The minimum absolute atomic E-state index is 0.0388. The van der Waals surface area contributed by atoms with Crippen LogP contribution in [0.25, 0.3) is 0 Å². The average molecular weight is 205 g/mol. The van der Waals surface area contributed by atoms with Gasteiger partial charge >= 0.3 is 0 Å². The van der Waals surface area contributed by atoms with E-state index < -0.39 is 0 Å². The van der Waals surface area contributed by atoms with E-state index >= 15 is 0 Å². The van der Waals surface area contributed by atoms with Gasteiger partial charge in [0.1, 0.15) is 4.32 Å². The number of nitrogens with zero attached hydrogens (tertiary/aromatic N) is 1. The maximum atomic E-state index is 5.10. The maximum absolute atomic E-state index is 5.10. The zero-order valence-electron chi connectivity index (χ0n) is 8.80. The van der Waals surface area contributed by atoms with Crippen molar-refractivity contribution in [3.05, 3.63) is 0 Å². The third-order valence-electron chi connectivity index (χ3n) is 1.53. The first-order valence-corrected chi connectivity index (χ1v) is 4.95. The molecule has 72 valence electrons. The molecule has 0 fully saturated rings. The maximum Gasteiger partial charge on any atom is 0.134 e. The van der Waals surface area contributed by atoms with E-state index in [1.807, 2.05) is 0 Å². The molecule has 0 unspecified atom stereocenters. The number of rotatable bonds is 0. The minimum Gasteiger partial charge on any atom is -0.348 e. The Hall–Kier alpha value is 0.240. The molecule has 0 aromatic heterocycles. The summed E-state index contributed by atoms with van der Waals surface area (Å²) in [5.74, 6) is 0. The Balaban J connectivity index is 4.82. The summed E-state index contributed by atoms with van der Waals surface area (Å²) >= 11 is 9.34. The quantitative estimate of drug-likeness (QED) is 0.478. The Morgan fingerprint density at radius 2 is 1.25 bits per heavy atom. The van der Waals surface area contributed by atoms with Crippen LogP contribution in [0.15, 0.2) is 0 Å². The summed E-state index contributed by atoms with van der Waals surface area (Å²) < 4.78 is 0.662. The van der Waals surface area contributed by atoms with Gasteiger partial charge in [-0.15, -0.1) is 12.6 Å². The first kappa shape index (κ1) is 12.2. The van der Waals surface area contributed by atoms with E-state index in [-0.39, 0.29) is 11.1 Å². The fourth-order valence-electron chi connectivity index (χ4n) is 1.58. The molecule has 3 heteroatoms. The molecule has 0 aliphatic carbocycles. The molecule has 0 saturated heterocycles. The molecule has 0 aliphatic rings. The normalized spacial score (nSPS) is 12.9. The zero-order chi connectivity index (χ0) is 10.2. The minimum atomic E-state index is 0.0388. The molecule has 0 aromatic carbocycles. The zero-order valence-corrected chi connectivity index (χ0v) is 10.5. The van der Waals surface area contributed by atoms with E-state index in [1.54, 1.807) is 0 Å². The van der Waals surface area contributed by atoms with E-state index in [9.17, 15) is 0 Å². The van der Waals surface area contributed by atoms with Gasteiger partial charge in [0.2, 0.25) is 0 Å². The molecule has 0 rings (SSSR count). The van der Waals surface area contributed by atoms with Crippen LogP contribution >= 0.6 is 24.8 Å². The highest BCUT2D eigenvalue weighted by Gasteiger charge is 2.31. The van der Waals surface area contributed by atoms with Crippen molar-refractivity contribution in [2.75, 3.05) is 0 Å². The molecule has 0 aromatic rings. The van der Waals surface area contributed by atoms with Crippen LogP contribution in [0.3, 0.4) is 0 Å². The predicted octanol–water partition coefficient (Wildman–Crippen LogP) is 3.10. The molecule has 0 heterocycles. The van der Waals surface area contributed by atoms with Gasteiger partial charge in [0.25, 0.3) is 0 Å². The smallest absolute Gasteiger partial charge is 0.134 e. The summed E-state index contributed by atoms with van der Waals surface area (Å²) in [6.45, 7) is 12.8. The number of hydrogen-bond acceptors (Lipinski definition) is 1. The molecular weight excluding hydrogens is 186 g/mol. The van der Waals surface area contributed by atoms with Crippen LogP contribution in [0.1, 0.15) is 41.5 Å². The number of thiol groups is 1.